The first-order chi connectivity index (χ1) is 9.67. The van der Waals surface area contributed by atoms with E-state index in [4.69, 9.17) is 10.5 Å². The highest BCUT2D eigenvalue weighted by atomic mass is 79.9. The number of aliphatic hydroxyl groups is 1. The maximum absolute atomic E-state index is 10.7. The Bertz CT molecular complexity index is 560. The van der Waals surface area contributed by atoms with Gasteiger partial charge < -0.3 is 15.6 Å². The highest BCUT2D eigenvalue weighted by Gasteiger charge is 2.23. The molecule has 0 bridgehead atoms. The number of halogens is 1. The number of nitrogens with two attached hydrogens (primary N) is 1. The Morgan fingerprint density at radius 2 is 1.90 bits per heavy atom. The average Bonchev–Trinajstić information content (AvgIpc) is 2.49. The highest BCUT2D eigenvalue weighted by Crippen LogP contribution is 2.35. The smallest absolute Gasteiger partial charge is 0.119 e. The van der Waals surface area contributed by atoms with Crippen LogP contribution in [0.15, 0.2) is 53.0 Å². The van der Waals surface area contributed by atoms with Gasteiger partial charge in [0, 0.05) is 16.9 Å². The fourth-order valence-electron chi connectivity index (χ4n) is 2.24. The lowest BCUT2D eigenvalue weighted by Crippen LogP contribution is -2.20. The van der Waals surface area contributed by atoms with Crippen LogP contribution in [0.4, 0.5) is 0 Å². The van der Waals surface area contributed by atoms with Gasteiger partial charge in [0.15, 0.2) is 0 Å². The summed E-state index contributed by atoms with van der Waals surface area (Å²) < 4.78 is 6.06. The standard InChI is InChI=1S/C16H18BrNO2/c1-20-12-7-8-15(17)13(9-12)16(19)14(10-18)11-5-3-2-4-6-11/h2-9,14,16,19H,10,18H2,1H3. The second-order valence-electron chi connectivity index (χ2n) is 4.59. The van der Waals surface area contributed by atoms with Gasteiger partial charge in [-0.25, -0.2) is 0 Å². The number of rotatable bonds is 5. The summed E-state index contributed by atoms with van der Waals surface area (Å²) in [5.41, 5.74) is 7.66. The first kappa shape index (κ1) is 15.0. The van der Waals surface area contributed by atoms with E-state index in [1.165, 1.54) is 0 Å². The molecule has 2 aromatic carbocycles. The Kier molecular flexibility index (Phi) is 5.17. The van der Waals surface area contributed by atoms with Gasteiger partial charge in [0.05, 0.1) is 13.2 Å². The predicted molar refractivity (Wildman–Crippen MR) is 83.9 cm³/mol. The molecule has 2 atom stereocenters. The molecule has 0 saturated heterocycles. The molecule has 0 radical (unpaired) electrons. The van der Waals surface area contributed by atoms with E-state index in [2.05, 4.69) is 15.9 Å². The number of hydrogen-bond acceptors (Lipinski definition) is 3. The molecule has 0 aliphatic carbocycles. The quantitative estimate of drug-likeness (QED) is 0.881. The van der Waals surface area contributed by atoms with Crippen LogP contribution in [-0.4, -0.2) is 18.8 Å². The van der Waals surface area contributed by atoms with Gasteiger partial charge in [-0.15, -0.1) is 0 Å². The van der Waals surface area contributed by atoms with E-state index in [0.29, 0.717) is 12.3 Å². The van der Waals surface area contributed by atoms with Crippen LogP contribution >= 0.6 is 15.9 Å². The van der Waals surface area contributed by atoms with Gasteiger partial charge in [-0.1, -0.05) is 46.3 Å². The van der Waals surface area contributed by atoms with Crippen molar-refractivity contribution in [2.75, 3.05) is 13.7 Å². The summed E-state index contributed by atoms with van der Waals surface area (Å²) in [4.78, 5) is 0. The van der Waals surface area contributed by atoms with Crippen molar-refractivity contribution >= 4 is 15.9 Å². The zero-order valence-corrected chi connectivity index (χ0v) is 12.9. The molecular weight excluding hydrogens is 318 g/mol. The molecule has 4 heteroatoms. The molecule has 3 N–H and O–H groups in total. The zero-order valence-electron chi connectivity index (χ0n) is 11.3. The van der Waals surface area contributed by atoms with E-state index in [9.17, 15) is 5.11 Å². The number of hydrogen-bond donors (Lipinski definition) is 2. The van der Waals surface area contributed by atoms with Crippen LogP contribution in [0.1, 0.15) is 23.1 Å². The molecule has 0 amide bonds. The predicted octanol–water partition coefficient (Wildman–Crippen LogP) is 3.23. The van der Waals surface area contributed by atoms with Gasteiger partial charge in [-0.2, -0.15) is 0 Å². The molecule has 20 heavy (non-hydrogen) atoms. The topological polar surface area (TPSA) is 55.5 Å². The highest BCUT2D eigenvalue weighted by molar-refractivity contribution is 9.10. The molecule has 0 aromatic heterocycles. The molecule has 0 aliphatic heterocycles. The van der Waals surface area contributed by atoms with Crippen molar-refractivity contribution in [1.29, 1.82) is 0 Å². The van der Waals surface area contributed by atoms with Gasteiger partial charge in [-0.3, -0.25) is 0 Å². The van der Waals surface area contributed by atoms with E-state index in [-0.39, 0.29) is 5.92 Å². The van der Waals surface area contributed by atoms with Crippen molar-refractivity contribution in [3.05, 3.63) is 64.1 Å². The van der Waals surface area contributed by atoms with Crippen molar-refractivity contribution in [2.24, 2.45) is 5.73 Å². The van der Waals surface area contributed by atoms with E-state index < -0.39 is 6.10 Å². The van der Waals surface area contributed by atoms with Crippen LogP contribution in [0.25, 0.3) is 0 Å². The fourth-order valence-corrected chi connectivity index (χ4v) is 2.72. The Morgan fingerprint density at radius 1 is 1.20 bits per heavy atom. The average molecular weight is 336 g/mol. The number of aliphatic hydroxyl groups excluding tert-OH is 1. The summed E-state index contributed by atoms with van der Waals surface area (Å²) in [5.74, 6) is 0.561. The van der Waals surface area contributed by atoms with Crippen molar-refractivity contribution < 1.29 is 9.84 Å². The van der Waals surface area contributed by atoms with E-state index in [1.54, 1.807) is 7.11 Å². The molecule has 3 nitrogen and oxygen atoms in total. The second kappa shape index (κ2) is 6.88. The monoisotopic (exact) mass is 335 g/mol. The Hall–Kier alpha value is -1.36. The summed E-state index contributed by atoms with van der Waals surface area (Å²) in [6.07, 6.45) is -0.688. The molecule has 2 rings (SSSR count). The largest absolute Gasteiger partial charge is 0.497 e. The van der Waals surface area contributed by atoms with Crippen LogP contribution in [0, 0.1) is 0 Å². The summed E-state index contributed by atoms with van der Waals surface area (Å²) in [5, 5.41) is 10.7. The van der Waals surface area contributed by atoms with Crippen molar-refractivity contribution in [1.82, 2.24) is 0 Å². The van der Waals surface area contributed by atoms with Crippen molar-refractivity contribution in [3.8, 4) is 5.75 Å². The minimum absolute atomic E-state index is 0.153. The van der Waals surface area contributed by atoms with E-state index in [0.717, 1.165) is 15.6 Å². The maximum Gasteiger partial charge on any atom is 0.119 e. The first-order valence-electron chi connectivity index (χ1n) is 6.44. The van der Waals surface area contributed by atoms with Gasteiger partial charge in [-0.05, 0) is 29.3 Å². The molecule has 106 valence electrons. The lowest BCUT2D eigenvalue weighted by molar-refractivity contribution is 0.146. The third-order valence-electron chi connectivity index (χ3n) is 3.38. The molecule has 0 heterocycles. The lowest BCUT2D eigenvalue weighted by Gasteiger charge is -2.23. The normalized spacial score (nSPS) is 13.8. The molecule has 0 spiro atoms. The summed E-state index contributed by atoms with van der Waals surface area (Å²) in [6.45, 7) is 0.370. The van der Waals surface area contributed by atoms with Crippen LogP contribution in [-0.2, 0) is 0 Å². The number of benzene rings is 2. The molecular formula is C16H18BrNO2. The first-order valence-corrected chi connectivity index (χ1v) is 7.23. The Balaban J connectivity index is 2.36. The van der Waals surface area contributed by atoms with E-state index in [1.807, 2.05) is 48.5 Å². The minimum atomic E-state index is -0.688. The van der Waals surface area contributed by atoms with Gasteiger partial charge in [0.1, 0.15) is 5.75 Å². The third kappa shape index (κ3) is 3.20. The van der Waals surface area contributed by atoms with Crippen molar-refractivity contribution in [3.63, 3.8) is 0 Å². The molecule has 0 fully saturated rings. The Labute approximate surface area is 127 Å². The van der Waals surface area contributed by atoms with Crippen LogP contribution in [0.5, 0.6) is 5.75 Å². The van der Waals surface area contributed by atoms with Crippen LogP contribution in [0.2, 0.25) is 0 Å². The molecule has 0 saturated carbocycles. The van der Waals surface area contributed by atoms with Gasteiger partial charge >= 0.3 is 0 Å². The SMILES string of the molecule is COc1ccc(Br)c(C(O)C(CN)c2ccccc2)c1. The number of ether oxygens (including phenoxy) is 1. The summed E-state index contributed by atoms with van der Waals surface area (Å²) in [7, 11) is 1.61. The maximum atomic E-state index is 10.7. The fraction of sp³-hybridized carbons (Fsp3) is 0.250. The lowest BCUT2D eigenvalue weighted by atomic mass is 9.89. The summed E-state index contributed by atoms with van der Waals surface area (Å²) >= 11 is 3.47. The number of methoxy groups -OCH3 is 1. The van der Waals surface area contributed by atoms with Crippen LogP contribution < -0.4 is 10.5 Å². The molecule has 2 aromatic rings. The molecule has 0 aliphatic rings. The minimum Gasteiger partial charge on any atom is -0.497 e. The summed E-state index contributed by atoms with van der Waals surface area (Å²) in [6, 6.07) is 15.4. The Morgan fingerprint density at radius 3 is 2.50 bits per heavy atom. The third-order valence-corrected chi connectivity index (χ3v) is 4.11. The van der Waals surface area contributed by atoms with Gasteiger partial charge in [0.25, 0.3) is 0 Å². The van der Waals surface area contributed by atoms with E-state index >= 15 is 0 Å². The van der Waals surface area contributed by atoms with Crippen molar-refractivity contribution in [2.45, 2.75) is 12.0 Å². The van der Waals surface area contributed by atoms with Gasteiger partial charge in [0.2, 0.25) is 0 Å². The molecule has 2 unspecified atom stereocenters. The second-order valence-corrected chi connectivity index (χ2v) is 5.44. The van der Waals surface area contributed by atoms with Crippen LogP contribution in [0.3, 0.4) is 0 Å². The zero-order chi connectivity index (χ0) is 14.5.